The summed E-state index contributed by atoms with van der Waals surface area (Å²) in [6.45, 7) is 3.91. The number of hydrogen-bond donors (Lipinski definition) is 2. The summed E-state index contributed by atoms with van der Waals surface area (Å²) < 4.78 is 11.5. The number of nitrogens with zero attached hydrogens (tertiary/aromatic N) is 2. The Morgan fingerprint density at radius 2 is 1.92 bits per heavy atom. The Hall–Kier alpha value is -5.43. The summed E-state index contributed by atoms with van der Waals surface area (Å²) in [5, 5.41) is 32.1. The van der Waals surface area contributed by atoms with Gasteiger partial charge in [-0.15, -0.1) is 6.58 Å². The highest BCUT2D eigenvalue weighted by atomic mass is 16.6. The molecule has 0 fully saturated rings. The zero-order valence-corrected chi connectivity index (χ0v) is 20.3. The number of hydrogen-bond acceptors (Lipinski definition) is 7. The van der Waals surface area contributed by atoms with Crippen LogP contribution >= 0.6 is 0 Å². The Morgan fingerprint density at radius 1 is 1.18 bits per heavy atom. The smallest absolute Gasteiger partial charge is 0.335 e. The van der Waals surface area contributed by atoms with E-state index in [9.17, 15) is 25.0 Å². The Morgan fingerprint density at radius 3 is 2.53 bits per heavy atom. The van der Waals surface area contributed by atoms with Crippen molar-refractivity contribution in [2.75, 3.05) is 12.4 Å². The van der Waals surface area contributed by atoms with Gasteiger partial charge >= 0.3 is 5.97 Å². The minimum atomic E-state index is -1.02. The molecular weight excluding hydrogens is 490 g/mol. The third kappa shape index (κ3) is 6.83. The summed E-state index contributed by atoms with van der Waals surface area (Å²) in [7, 11) is 1.45. The monoisotopic (exact) mass is 513 g/mol. The van der Waals surface area contributed by atoms with E-state index in [-0.39, 0.29) is 29.1 Å². The van der Waals surface area contributed by atoms with E-state index in [0.29, 0.717) is 29.0 Å². The van der Waals surface area contributed by atoms with Crippen molar-refractivity contribution in [2.45, 2.75) is 13.0 Å². The molecule has 10 heteroatoms. The van der Waals surface area contributed by atoms with E-state index in [1.54, 1.807) is 30.3 Å². The number of benzene rings is 3. The maximum absolute atomic E-state index is 12.7. The molecular formula is C28H23N3O7. The molecule has 0 heterocycles. The van der Waals surface area contributed by atoms with Crippen LogP contribution in [0.2, 0.25) is 0 Å². The predicted molar refractivity (Wildman–Crippen MR) is 140 cm³/mol. The number of rotatable bonds is 11. The maximum atomic E-state index is 12.7. The lowest BCUT2D eigenvalue weighted by molar-refractivity contribution is -0.384. The van der Waals surface area contributed by atoms with Crippen molar-refractivity contribution < 1.29 is 29.1 Å². The van der Waals surface area contributed by atoms with E-state index >= 15 is 0 Å². The van der Waals surface area contributed by atoms with Crippen molar-refractivity contribution in [2.24, 2.45) is 0 Å². The number of non-ortho nitro benzene ring substituents is 1. The molecule has 0 saturated heterocycles. The number of methoxy groups -OCH3 is 1. The lowest BCUT2D eigenvalue weighted by atomic mass is 10.0. The second kappa shape index (κ2) is 12.5. The summed E-state index contributed by atoms with van der Waals surface area (Å²) in [6.07, 6.45) is 3.43. The predicted octanol–water partition coefficient (Wildman–Crippen LogP) is 5.15. The SMILES string of the molecule is C=CCc1cc(/C=C(\C#N)C(=O)Nc2cccc([N+](=O)[O-])c2)cc(OC)c1OCc1ccc(C(=O)O)cc1. The van der Waals surface area contributed by atoms with E-state index in [1.807, 2.05) is 6.07 Å². The first-order valence-corrected chi connectivity index (χ1v) is 11.2. The van der Waals surface area contributed by atoms with Crippen LogP contribution in [-0.4, -0.2) is 29.0 Å². The van der Waals surface area contributed by atoms with E-state index in [2.05, 4.69) is 11.9 Å². The van der Waals surface area contributed by atoms with Gasteiger partial charge in [-0.1, -0.05) is 24.3 Å². The standard InChI is InChI=1S/C28H23N3O7/c1-3-5-21-12-19(13-22(16-29)27(32)30-23-6-4-7-24(15-23)31(35)36)14-25(37-2)26(21)38-17-18-8-10-20(11-9-18)28(33)34/h3-4,6-15H,1,5,17H2,2H3,(H,30,32)(H,33,34)/b22-13+. The third-order valence-electron chi connectivity index (χ3n) is 5.31. The highest BCUT2D eigenvalue weighted by Gasteiger charge is 2.16. The van der Waals surface area contributed by atoms with Gasteiger partial charge in [0.2, 0.25) is 0 Å². The summed E-state index contributed by atoms with van der Waals surface area (Å²) in [6, 6.07) is 16.8. The number of carboxylic acid groups (broad SMARTS) is 1. The lowest BCUT2D eigenvalue weighted by Gasteiger charge is -2.16. The molecule has 0 aromatic heterocycles. The van der Waals surface area contributed by atoms with E-state index in [1.165, 1.54) is 49.6 Å². The van der Waals surface area contributed by atoms with Crippen LogP contribution in [0.15, 0.2) is 78.9 Å². The topological polar surface area (TPSA) is 152 Å². The number of carboxylic acids is 1. The molecule has 0 bridgehead atoms. The molecule has 0 spiro atoms. The van der Waals surface area contributed by atoms with Crippen molar-refractivity contribution in [3.05, 3.63) is 111 Å². The molecule has 0 aliphatic rings. The molecule has 0 radical (unpaired) electrons. The third-order valence-corrected chi connectivity index (χ3v) is 5.31. The fraction of sp³-hybridized carbons (Fsp3) is 0.107. The van der Waals surface area contributed by atoms with Crippen LogP contribution in [0.3, 0.4) is 0 Å². The molecule has 3 aromatic rings. The minimum Gasteiger partial charge on any atom is -0.493 e. The summed E-state index contributed by atoms with van der Waals surface area (Å²) >= 11 is 0. The van der Waals surface area contributed by atoms with Crippen molar-refractivity contribution in [3.8, 4) is 17.6 Å². The van der Waals surface area contributed by atoms with Crippen LogP contribution in [0.4, 0.5) is 11.4 Å². The van der Waals surface area contributed by atoms with Gasteiger partial charge in [-0.05, 0) is 54.0 Å². The van der Waals surface area contributed by atoms with Gasteiger partial charge in [0, 0.05) is 23.4 Å². The number of anilines is 1. The fourth-order valence-electron chi connectivity index (χ4n) is 3.50. The number of carbonyl (C=O) groups is 2. The highest BCUT2D eigenvalue weighted by molar-refractivity contribution is 6.09. The van der Waals surface area contributed by atoms with E-state index in [4.69, 9.17) is 14.6 Å². The second-order valence-corrected chi connectivity index (χ2v) is 7.93. The second-order valence-electron chi connectivity index (χ2n) is 7.93. The number of nitro groups is 1. The summed E-state index contributed by atoms with van der Waals surface area (Å²) in [5.74, 6) is -0.963. The van der Waals surface area contributed by atoms with Gasteiger partial charge in [-0.2, -0.15) is 5.26 Å². The van der Waals surface area contributed by atoms with Crippen LogP contribution in [0.25, 0.3) is 6.08 Å². The number of nitrogens with one attached hydrogen (secondary N) is 1. The number of ether oxygens (including phenoxy) is 2. The molecule has 0 atom stereocenters. The van der Waals surface area contributed by atoms with Crippen LogP contribution < -0.4 is 14.8 Å². The number of amides is 1. The number of allylic oxidation sites excluding steroid dienone is 1. The average molecular weight is 514 g/mol. The molecule has 3 rings (SSSR count). The Labute approximate surface area is 218 Å². The number of aromatic carboxylic acids is 1. The molecule has 10 nitrogen and oxygen atoms in total. The molecule has 1 amide bonds. The van der Waals surface area contributed by atoms with Crippen molar-refractivity contribution >= 4 is 29.3 Å². The zero-order chi connectivity index (χ0) is 27.7. The first kappa shape index (κ1) is 27.2. The van der Waals surface area contributed by atoms with Gasteiger partial charge in [-0.3, -0.25) is 14.9 Å². The number of nitriles is 1. The van der Waals surface area contributed by atoms with Gasteiger partial charge in [0.05, 0.1) is 17.6 Å². The number of nitro benzene ring substituents is 1. The minimum absolute atomic E-state index is 0.144. The van der Waals surface area contributed by atoms with Gasteiger partial charge < -0.3 is 19.9 Å². The van der Waals surface area contributed by atoms with Crippen LogP contribution in [0, 0.1) is 21.4 Å². The maximum Gasteiger partial charge on any atom is 0.335 e. The average Bonchev–Trinajstić information content (AvgIpc) is 2.91. The van der Waals surface area contributed by atoms with E-state index < -0.39 is 16.8 Å². The van der Waals surface area contributed by atoms with Crippen molar-refractivity contribution in [1.82, 2.24) is 0 Å². The van der Waals surface area contributed by atoms with Crippen molar-refractivity contribution in [3.63, 3.8) is 0 Å². The largest absolute Gasteiger partial charge is 0.493 e. The van der Waals surface area contributed by atoms with Crippen LogP contribution in [0.1, 0.15) is 27.0 Å². The highest BCUT2D eigenvalue weighted by Crippen LogP contribution is 2.35. The Balaban J connectivity index is 1.87. The molecule has 0 aliphatic carbocycles. The zero-order valence-electron chi connectivity index (χ0n) is 20.3. The first-order chi connectivity index (χ1) is 18.2. The Kier molecular flexibility index (Phi) is 8.94. The van der Waals surface area contributed by atoms with E-state index in [0.717, 1.165) is 5.56 Å². The normalized spacial score (nSPS) is 10.7. The molecule has 0 aliphatic heterocycles. The van der Waals surface area contributed by atoms with Gasteiger partial charge in [0.1, 0.15) is 18.2 Å². The molecule has 38 heavy (non-hydrogen) atoms. The quantitative estimate of drug-likeness (QED) is 0.117. The molecule has 2 N–H and O–H groups in total. The lowest BCUT2D eigenvalue weighted by Crippen LogP contribution is -2.13. The molecule has 3 aromatic carbocycles. The van der Waals surface area contributed by atoms with Gasteiger partial charge in [0.25, 0.3) is 11.6 Å². The van der Waals surface area contributed by atoms with Gasteiger partial charge in [-0.25, -0.2) is 4.79 Å². The summed E-state index contributed by atoms with van der Waals surface area (Å²) in [4.78, 5) is 34.2. The van der Waals surface area contributed by atoms with Gasteiger partial charge in [0.15, 0.2) is 11.5 Å². The van der Waals surface area contributed by atoms with Crippen molar-refractivity contribution in [1.29, 1.82) is 5.26 Å². The van der Waals surface area contributed by atoms with Crippen LogP contribution in [-0.2, 0) is 17.8 Å². The number of carbonyl (C=O) groups excluding carboxylic acids is 1. The molecule has 192 valence electrons. The molecule has 0 saturated carbocycles. The fourth-order valence-corrected chi connectivity index (χ4v) is 3.50. The first-order valence-electron chi connectivity index (χ1n) is 11.2. The Bertz CT molecular complexity index is 1450. The molecule has 0 unspecified atom stereocenters. The van der Waals surface area contributed by atoms with Crippen LogP contribution in [0.5, 0.6) is 11.5 Å². The summed E-state index contributed by atoms with van der Waals surface area (Å²) in [5.41, 5.74) is 1.84.